The van der Waals surface area contributed by atoms with Crippen molar-refractivity contribution in [3.05, 3.63) is 65.7 Å². The number of aromatic hydroxyl groups is 1. The summed E-state index contributed by atoms with van der Waals surface area (Å²) >= 11 is 0. The second-order valence-electron chi connectivity index (χ2n) is 11.6. The molecule has 0 heterocycles. The van der Waals surface area contributed by atoms with E-state index in [1.165, 1.54) is 26.1 Å². The first-order valence-electron chi connectivity index (χ1n) is 13.1. The summed E-state index contributed by atoms with van der Waals surface area (Å²) in [5.41, 5.74) is -0.643. The highest BCUT2D eigenvalue weighted by atomic mass is 16.6. The Labute approximate surface area is 236 Å². The lowest BCUT2D eigenvalue weighted by Crippen LogP contribution is -2.53. The summed E-state index contributed by atoms with van der Waals surface area (Å²) in [5.74, 6) is -2.19. The summed E-state index contributed by atoms with van der Waals surface area (Å²) < 4.78 is 10.8. The first-order valence-corrected chi connectivity index (χ1v) is 13.1. The highest BCUT2D eigenvalue weighted by Crippen LogP contribution is 2.29. The standard InChI is InChI=1S/C30H41N3O7/c1-19(31-28(38)40-30(5,6)7)26(36)33(8)24(21-16-12-13-17-23(21)34)25(35)32-22(27(37)39-29(2,3)4)18-20-14-10-9-11-15-20/h9-17,19,22,24,34H,18H2,1-8H3,(H,31,38)(H,32,35). The van der Waals surface area contributed by atoms with Crippen molar-refractivity contribution in [3.63, 3.8) is 0 Å². The van der Waals surface area contributed by atoms with Gasteiger partial charge in [-0.25, -0.2) is 9.59 Å². The van der Waals surface area contributed by atoms with Crippen LogP contribution in [0.3, 0.4) is 0 Å². The largest absolute Gasteiger partial charge is 0.508 e. The molecule has 0 fully saturated rings. The predicted molar refractivity (Wildman–Crippen MR) is 150 cm³/mol. The lowest BCUT2D eigenvalue weighted by Gasteiger charge is -2.32. The molecular formula is C30H41N3O7. The summed E-state index contributed by atoms with van der Waals surface area (Å²) in [6.07, 6.45) is -0.651. The third-order valence-electron chi connectivity index (χ3n) is 5.61. The fourth-order valence-electron chi connectivity index (χ4n) is 3.89. The van der Waals surface area contributed by atoms with Gasteiger partial charge in [-0.1, -0.05) is 48.5 Å². The van der Waals surface area contributed by atoms with E-state index in [-0.39, 0.29) is 17.7 Å². The number of nitrogens with zero attached hydrogens (tertiary/aromatic N) is 1. The molecule has 2 aromatic rings. The van der Waals surface area contributed by atoms with Gasteiger partial charge in [-0.15, -0.1) is 0 Å². The number of phenolic OH excluding ortho intramolecular Hbond substituents is 1. The van der Waals surface area contributed by atoms with Gasteiger partial charge in [0.25, 0.3) is 0 Å². The van der Waals surface area contributed by atoms with Crippen molar-refractivity contribution in [2.45, 2.75) is 84.2 Å². The molecule has 0 aliphatic carbocycles. The van der Waals surface area contributed by atoms with E-state index in [4.69, 9.17) is 9.47 Å². The smallest absolute Gasteiger partial charge is 0.408 e. The highest BCUT2D eigenvalue weighted by molar-refractivity contribution is 5.94. The fourth-order valence-corrected chi connectivity index (χ4v) is 3.89. The number of benzene rings is 2. The van der Waals surface area contributed by atoms with E-state index in [1.54, 1.807) is 53.7 Å². The minimum atomic E-state index is -1.34. The molecule has 3 atom stereocenters. The van der Waals surface area contributed by atoms with Gasteiger partial charge in [0.1, 0.15) is 35.1 Å². The Morgan fingerprint density at radius 2 is 1.40 bits per heavy atom. The molecule has 0 radical (unpaired) electrons. The van der Waals surface area contributed by atoms with Crippen LogP contribution in [0.25, 0.3) is 0 Å². The molecule has 3 amide bonds. The predicted octanol–water partition coefficient (Wildman–Crippen LogP) is 3.87. The maximum atomic E-state index is 13.8. The number of esters is 1. The number of rotatable bonds is 9. The zero-order chi connectivity index (χ0) is 30.3. The van der Waals surface area contributed by atoms with Gasteiger partial charge >= 0.3 is 12.1 Å². The van der Waals surface area contributed by atoms with Gasteiger partial charge in [0.2, 0.25) is 11.8 Å². The number of likely N-dealkylation sites (N-methyl/N-ethyl adjacent to an activating group) is 1. The molecule has 2 rings (SSSR count). The van der Waals surface area contributed by atoms with E-state index in [0.29, 0.717) is 0 Å². The van der Waals surface area contributed by atoms with E-state index >= 15 is 0 Å². The van der Waals surface area contributed by atoms with Crippen molar-refractivity contribution in [3.8, 4) is 5.75 Å². The molecule has 2 aromatic carbocycles. The summed E-state index contributed by atoms with van der Waals surface area (Å²) in [5, 5.41) is 15.8. The van der Waals surface area contributed by atoms with Crippen molar-refractivity contribution in [2.75, 3.05) is 7.05 Å². The van der Waals surface area contributed by atoms with Gasteiger partial charge in [-0.3, -0.25) is 9.59 Å². The van der Waals surface area contributed by atoms with Crippen LogP contribution in [0.4, 0.5) is 4.79 Å². The van der Waals surface area contributed by atoms with Gasteiger partial charge in [0.15, 0.2) is 0 Å². The Kier molecular flexibility index (Phi) is 10.7. The van der Waals surface area contributed by atoms with Crippen LogP contribution in [-0.4, -0.2) is 64.2 Å². The molecule has 0 bridgehead atoms. The normalized spacial score (nSPS) is 13.8. The first-order chi connectivity index (χ1) is 18.5. The summed E-state index contributed by atoms with van der Waals surface area (Å²) in [6.45, 7) is 11.7. The molecule has 0 saturated carbocycles. The van der Waals surface area contributed by atoms with E-state index in [2.05, 4.69) is 10.6 Å². The van der Waals surface area contributed by atoms with E-state index in [9.17, 15) is 24.3 Å². The molecule has 0 spiro atoms. The summed E-state index contributed by atoms with van der Waals surface area (Å²) in [6, 6.07) is 11.7. The number of amides is 3. The van der Waals surface area contributed by atoms with Crippen LogP contribution in [0.15, 0.2) is 54.6 Å². The maximum absolute atomic E-state index is 13.8. The minimum Gasteiger partial charge on any atom is -0.508 e. The monoisotopic (exact) mass is 555 g/mol. The van der Waals surface area contributed by atoms with Crippen LogP contribution in [0.5, 0.6) is 5.75 Å². The van der Waals surface area contributed by atoms with Crippen molar-refractivity contribution < 1.29 is 33.8 Å². The fraction of sp³-hybridized carbons (Fsp3) is 0.467. The SMILES string of the molecule is CC(NC(=O)OC(C)(C)C)C(=O)N(C)C(C(=O)NC(Cc1ccccc1)C(=O)OC(C)(C)C)c1ccccc1O. The van der Waals surface area contributed by atoms with Crippen molar-refractivity contribution >= 4 is 23.9 Å². The zero-order valence-corrected chi connectivity index (χ0v) is 24.5. The van der Waals surface area contributed by atoms with Crippen molar-refractivity contribution in [2.24, 2.45) is 0 Å². The molecule has 40 heavy (non-hydrogen) atoms. The van der Waals surface area contributed by atoms with Gasteiger partial charge in [0.05, 0.1) is 0 Å². The van der Waals surface area contributed by atoms with Gasteiger partial charge in [-0.2, -0.15) is 0 Å². The minimum absolute atomic E-state index is 0.142. The Morgan fingerprint density at radius 3 is 1.95 bits per heavy atom. The number of carbonyl (C=O) groups is 4. The van der Waals surface area contributed by atoms with Gasteiger partial charge < -0.3 is 30.1 Å². The number of ether oxygens (including phenoxy) is 2. The third kappa shape index (κ3) is 9.91. The van der Waals surface area contributed by atoms with Crippen LogP contribution < -0.4 is 10.6 Å². The lowest BCUT2D eigenvalue weighted by atomic mass is 10.0. The first kappa shape index (κ1) is 32.1. The quantitative estimate of drug-likeness (QED) is 0.400. The molecule has 0 aliphatic rings. The van der Waals surface area contributed by atoms with E-state index in [0.717, 1.165) is 10.5 Å². The molecule has 10 heteroatoms. The average molecular weight is 556 g/mol. The molecule has 218 valence electrons. The van der Waals surface area contributed by atoms with Crippen molar-refractivity contribution in [1.29, 1.82) is 0 Å². The molecule has 0 aliphatic heterocycles. The van der Waals surface area contributed by atoms with Crippen LogP contribution in [-0.2, 0) is 30.3 Å². The molecule has 3 N–H and O–H groups in total. The van der Waals surface area contributed by atoms with Crippen molar-refractivity contribution in [1.82, 2.24) is 15.5 Å². The second kappa shape index (κ2) is 13.3. The van der Waals surface area contributed by atoms with Crippen LogP contribution >= 0.6 is 0 Å². The number of phenols is 1. The Bertz CT molecular complexity index is 1190. The van der Waals surface area contributed by atoms with Gasteiger partial charge in [-0.05, 0) is 60.1 Å². The highest BCUT2D eigenvalue weighted by Gasteiger charge is 2.36. The lowest BCUT2D eigenvalue weighted by molar-refractivity contribution is -0.159. The molecule has 10 nitrogen and oxygen atoms in total. The number of nitrogens with one attached hydrogen (secondary N) is 2. The number of hydrogen-bond donors (Lipinski definition) is 3. The van der Waals surface area contributed by atoms with Crippen LogP contribution in [0.2, 0.25) is 0 Å². The second-order valence-corrected chi connectivity index (χ2v) is 11.6. The summed E-state index contributed by atoms with van der Waals surface area (Å²) in [7, 11) is 1.38. The average Bonchev–Trinajstić information content (AvgIpc) is 2.82. The Morgan fingerprint density at radius 1 is 0.850 bits per heavy atom. The Hall–Kier alpha value is -4.08. The summed E-state index contributed by atoms with van der Waals surface area (Å²) in [4.78, 5) is 53.7. The number of carbonyl (C=O) groups excluding carboxylic acids is 4. The number of alkyl carbamates (subject to hydrolysis) is 1. The Balaban J connectivity index is 2.39. The van der Waals surface area contributed by atoms with Crippen LogP contribution in [0.1, 0.15) is 65.6 Å². The van der Waals surface area contributed by atoms with Gasteiger partial charge in [0, 0.05) is 19.0 Å². The van der Waals surface area contributed by atoms with Crippen LogP contribution in [0, 0.1) is 0 Å². The molecule has 0 saturated heterocycles. The molecule has 0 aromatic heterocycles. The van der Waals surface area contributed by atoms with E-state index < -0.39 is 53.2 Å². The molecule has 3 unspecified atom stereocenters. The number of hydrogen-bond acceptors (Lipinski definition) is 7. The number of para-hydroxylation sites is 1. The zero-order valence-electron chi connectivity index (χ0n) is 24.5. The maximum Gasteiger partial charge on any atom is 0.408 e. The van der Waals surface area contributed by atoms with E-state index in [1.807, 2.05) is 30.3 Å². The third-order valence-corrected chi connectivity index (χ3v) is 5.61. The molecular weight excluding hydrogens is 514 g/mol. The topological polar surface area (TPSA) is 134 Å².